The summed E-state index contributed by atoms with van der Waals surface area (Å²) in [5, 5.41) is 18.4. The smallest absolute Gasteiger partial charge is 0.315 e. The Morgan fingerprint density at radius 1 is 1.25 bits per heavy atom. The molecule has 0 aliphatic heterocycles. The number of hydrogen-bond acceptors (Lipinski definition) is 3. The highest BCUT2D eigenvalue weighted by molar-refractivity contribution is 5.74. The predicted octanol–water partition coefficient (Wildman–Crippen LogP) is 1.61. The van der Waals surface area contributed by atoms with Crippen molar-refractivity contribution in [2.45, 2.75) is 64.5 Å². The molecule has 20 heavy (non-hydrogen) atoms. The van der Waals surface area contributed by atoms with Gasteiger partial charge in [-0.25, -0.2) is 4.79 Å². The quantitative estimate of drug-likeness (QED) is 0.486. The maximum absolute atomic E-state index is 11.9. The number of rotatable bonds is 9. The van der Waals surface area contributed by atoms with Gasteiger partial charge in [0, 0.05) is 25.2 Å². The van der Waals surface area contributed by atoms with Crippen LogP contribution >= 0.6 is 0 Å². The van der Waals surface area contributed by atoms with Crippen molar-refractivity contribution in [3.63, 3.8) is 0 Å². The van der Waals surface area contributed by atoms with Gasteiger partial charge >= 0.3 is 6.03 Å². The Kier molecular flexibility index (Phi) is 8.62. The van der Waals surface area contributed by atoms with Crippen LogP contribution in [-0.4, -0.2) is 42.9 Å². The molecular formula is C15H31N3O2. The minimum Gasteiger partial charge on any atom is -0.396 e. The highest BCUT2D eigenvalue weighted by atomic mass is 16.3. The van der Waals surface area contributed by atoms with Crippen molar-refractivity contribution >= 4 is 6.03 Å². The second-order valence-corrected chi connectivity index (χ2v) is 6.03. The van der Waals surface area contributed by atoms with E-state index in [2.05, 4.69) is 29.8 Å². The van der Waals surface area contributed by atoms with Crippen molar-refractivity contribution in [2.75, 3.05) is 19.7 Å². The number of amides is 2. The Labute approximate surface area is 122 Å². The fraction of sp³-hybridized carbons (Fsp3) is 0.933. The van der Waals surface area contributed by atoms with E-state index in [0.717, 1.165) is 13.0 Å². The molecule has 1 atom stereocenters. The first-order chi connectivity index (χ1) is 9.63. The normalized spacial score (nSPS) is 17.4. The summed E-state index contributed by atoms with van der Waals surface area (Å²) in [5.74, 6) is 0.538. The highest BCUT2D eigenvalue weighted by Crippen LogP contribution is 2.28. The molecule has 0 bridgehead atoms. The van der Waals surface area contributed by atoms with Crippen LogP contribution in [0.5, 0.6) is 0 Å². The van der Waals surface area contributed by atoms with Crippen molar-refractivity contribution in [2.24, 2.45) is 5.92 Å². The highest BCUT2D eigenvalue weighted by Gasteiger charge is 2.25. The summed E-state index contributed by atoms with van der Waals surface area (Å²) in [7, 11) is 0. The summed E-state index contributed by atoms with van der Waals surface area (Å²) in [6, 6.07) is 0.510. The summed E-state index contributed by atoms with van der Waals surface area (Å²) < 4.78 is 0. The topological polar surface area (TPSA) is 73.4 Å². The fourth-order valence-corrected chi connectivity index (χ4v) is 2.83. The standard InChI is InChI=1S/C15H31N3O2/c1-12(2)16-9-5-10-17-15(20)18-14(8-11-19)13-6-3-4-7-13/h12-14,16,19H,3-11H2,1-2H3,(H2,17,18,20). The van der Waals surface area contributed by atoms with Crippen LogP contribution in [0.25, 0.3) is 0 Å². The zero-order valence-corrected chi connectivity index (χ0v) is 13.0. The summed E-state index contributed by atoms with van der Waals surface area (Å²) in [5.41, 5.74) is 0. The Balaban J connectivity index is 2.17. The largest absolute Gasteiger partial charge is 0.396 e. The molecule has 0 spiro atoms. The molecule has 5 nitrogen and oxygen atoms in total. The lowest BCUT2D eigenvalue weighted by atomic mass is 9.96. The number of aliphatic hydroxyl groups excluding tert-OH is 1. The fourth-order valence-electron chi connectivity index (χ4n) is 2.83. The Morgan fingerprint density at radius 2 is 1.95 bits per heavy atom. The molecule has 0 aromatic heterocycles. The number of aliphatic hydroxyl groups is 1. The van der Waals surface area contributed by atoms with Gasteiger partial charge in [0.1, 0.15) is 0 Å². The number of carbonyl (C=O) groups excluding carboxylic acids is 1. The van der Waals surface area contributed by atoms with Gasteiger partial charge in [0.25, 0.3) is 0 Å². The summed E-state index contributed by atoms with van der Waals surface area (Å²) in [4.78, 5) is 11.9. The maximum Gasteiger partial charge on any atom is 0.315 e. The van der Waals surface area contributed by atoms with Crippen LogP contribution in [-0.2, 0) is 0 Å². The molecule has 5 heteroatoms. The average Bonchev–Trinajstić information content (AvgIpc) is 2.91. The van der Waals surface area contributed by atoms with Crippen LogP contribution in [0.2, 0.25) is 0 Å². The third-order valence-corrected chi connectivity index (χ3v) is 3.92. The third-order valence-electron chi connectivity index (χ3n) is 3.92. The lowest BCUT2D eigenvalue weighted by molar-refractivity contribution is 0.214. The SMILES string of the molecule is CC(C)NCCCNC(=O)NC(CCO)C1CCCC1. The molecule has 1 rings (SSSR count). The van der Waals surface area contributed by atoms with E-state index in [-0.39, 0.29) is 18.7 Å². The number of carbonyl (C=O) groups is 1. The van der Waals surface area contributed by atoms with Gasteiger partial charge in [0.2, 0.25) is 0 Å². The number of hydrogen-bond donors (Lipinski definition) is 4. The molecule has 0 saturated heterocycles. The van der Waals surface area contributed by atoms with E-state index in [1.165, 1.54) is 25.7 Å². The van der Waals surface area contributed by atoms with Gasteiger partial charge in [0.05, 0.1) is 0 Å². The molecule has 0 aromatic rings. The molecule has 118 valence electrons. The van der Waals surface area contributed by atoms with E-state index in [1.807, 2.05) is 0 Å². The van der Waals surface area contributed by atoms with Crippen LogP contribution in [0.3, 0.4) is 0 Å². The van der Waals surface area contributed by atoms with Gasteiger partial charge in [-0.3, -0.25) is 0 Å². The van der Waals surface area contributed by atoms with Crippen molar-refractivity contribution in [1.82, 2.24) is 16.0 Å². The molecule has 1 aliphatic rings. The summed E-state index contributed by atoms with van der Waals surface area (Å²) >= 11 is 0. The van der Waals surface area contributed by atoms with Gasteiger partial charge in [-0.15, -0.1) is 0 Å². The maximum atomic E-state index is 11.9. The lowest BCUT2D eigenvalue weighted by Gasteiger charge is -2.24. The summed E-state index contributed by atoms with van der Waals surface area (Å²) in [6.45, 7) is 5.96. The molecule has 4 N–H and O–H groups in total. The van der Waals surface area contributed by atoms with Crippen molar-refractivity contribution in [1.29, 1.82) is 0 Å². The number of urea groups is 1. The van der Waals surface area contributed by atoms with Crippen LogP contribution in [0.1, 0.15) is 52.4 Å². The Bertz CT molecular complexity index is 266. The third kappa shape index (κ3) is 7.10. The Hall–Kier alpha value is -0.810. The molecule has 2 amide bonds. The number of nitrogens with one attached hydrogen (secondary N) is 3. The van der Waals surface area contributed by atoms with Crippen molar-refractivity contribution in [3.05, 3.63) is 0 Å². The van der Waals surface area contributed by atoms with Crippen molar-refractivity contribution in [3.8, 4) is 0 Å². The molecule has 1 unspecified atom stereocenters. The van der Waals surface area contributed by atoms with E-state index in [0.29, 0.717) is 24.9 Å². The molecular weight excluding hydrogens is 254 g/mol. The van der Waals surface area contributed by atoms with Gasteiger partial charge in [-0.05, 0) is 38.1 Å². The molecule has 1 saturated carbocycles. The van der Waals surface area contributed by atoms with Crippen LogP contribution in [0.15, 0.2) is 0 Å². The van der Waals surface area contributed by atoms with E-state index >= 15 is 0 Å². The molecule has 1 aliphatic carbocycles. The van der Waals surface area contributed by atoms with Crippen molar-refractivity contribution < 1.29 is 9.90 Å². The minimum atomic E-state index is -0.0973. The van der Waals surface area contributed by atoms with E-state index in [1.54, 1.807) is 0 Å². The minimum absolute atomic E-state index is 0.0973. The molecule has 1 fully saturated rings. The monoisotopic (exact) mass is 285 g/mol. The first-order valence-corrected chi connectivity index (χ1v) is 8.02. The summed E-state index contributed by atoms with van der Waals surface area (Å²) in [6.07, 6.45) is 6.42. The van der Waals surface area contributed by atoms with Crippen LogP contribution < -0.4 is 16.0 Å². The molecule has 0 radical (unpaired) electrons. The van der Waals surface area contributed by atoms with Crippen LogP contribution in [0.4, 0.5) is 4.79 Å². The van der Waals surface area contributed by atoms with Gasteiger partial charge in [-0.1, -0.05) is 26.7 Å². The zero-order valence-electron chi connectivity index (χ0n) is 13.0. The second-order valence-electron chi connectivity index (χ2n) is 6.03. The van der Waals surface area contributed by atoms with Gasteiger partial charge < -0.3 is 21.1 Å². The zero-order chi connectivity index (χ0) is 14.8. The second kappa shape index (κ2) is 10.00. The predicted molar refractivity (Wildman–Crippen MR) is 81.7 cm³/mol. The van der Waals surface area contributed by atoms with E-state index in [4.69, 9.17) is 5.11 Å². The average molecular weight is 285 g/mol. The lowest BCUT2D eigenvalue weighted by Crippen LogP contribution is -2.46. The first kappa shape index (κ1) is 17.2. The van der Waals surface area contributed by atoms with E-state index in [9.17, 15) is 4.79 Å². The van der Waals surface area contributed by atoms with Gasteiger partial charge in [0.15, 0.2) is 0 Å². The Morgan fingerprint density at radius 3 is 2.55 bits per heavy atom. The molecule has 0 heterocycles. The molecule has 0 aromatic carbocycles. The van der Waals surface area contributed by atoms with Crippen LogP contribution in [0, 0.1) is 5.92 Å². The van der Waals surface area contributed by atoms with Gasteiger partial charge in [-0.2, -0.15) is 0 Å². The first-order valence-electron chi connectivity index (χ1n) is 8.02. The van der Waals surface area contributed by atoms with E-state index < -0.39 is 0 Å².